The van der Waals surface area contributed by atoms with Crippen molar-refractivity contribution in [3.8, 4) is 5.75 Å². The SMILES string of the molecule is C=CCc1cc(C(C)N)ccc1OCCCC. The molecule has 0 aliphatic heterocycles. The Bertz CT molecular complexity index is 358. The number of hydrogen-bond donors (Lipinski definition) is 1. The van der Waals surface area contributed by atoms with Crippen LogP contribution < -0.4 is 10.5 Å². The summed E-state index contributed by atoms with van der Waals surface area (Å²) in [5.41, 5.74) is 8.20. The average Bonchev–Trinajstić information content (AvgIpc) is 2.31. The van der Waals surface area contributed by atoms with Gasteiger partial charge < -0.3 is 10.5 Å². The fraction of sp³-hybridized carbons (Fsp3) is 0.467. The van der Waals surface area contributed by atoms with Crippen LogP contribution in [-0.4, -0.2) is 6.61 Å². The Morgan fingerprint density at radius 3 is 2.82 bits per heavy atom. The molecule has 0 spiro atoms. The molecule has 1 aromatic carbocycles. The van der Waals surface area contributed by atoms with Crippen LogP contribution in [0.25, 0.3) is 0 Å². The largest absolute Gasteiger partial charge is 0.493 e. The van der Waals surface area contributed by atoms with Gasteiger partial charge in [0.1, 0.15) is 5.75 Å². The third-order valence-corrected chi connectivity index (χ3v) is 2.73. The topological polar surface area (TPSA) is 35.2 Å². The number of ether oxygens (including phenoxy) is 1. The van der Waals surface area contributed by atoms with E-state index >= 15 is 0 Å². The van der Waals surface area contributed by atoms with Crippen molar-refractivity contribution in [2.75, 3.05) is 6.61 Å². The Hall–Kier alpha value is -1.28. The van der Waals surface area contributed by atoms with Crippen LogP contribution in [0.5, 0.6) is 5.75 Å². The fourth-order valence-electron chi connectivity index (χ4n) is 1.66. The molecule has 1 aromatic rings. The van der Waals surface area contributed by atoms with E-state index in [-0.39, 0.29) is 6.04 Å². The highest BCUT2D eigenvalue weighted by atomic mass is 16.5. The molecule has 2 nitrogen and oxygen atoms in total. The molecule has 0 fully saturated rings. The van der Waals surface area contributed by atoms with E-state index in [1.54, 1.807) is 0 Å². The summed E-state index contributed by atoms with van der Waals surface area (Å²) in [6.07, 6.45) is 4.95. The molecule has 1 atom stereocenters. The first-order chi connectivity index (χ1) is 8.19. The number of nitrogens with two attached hydrogens (primary N) is 1. The zero-order valence-electron chi connectivity index (χ0n) is 10.9. The van der Waals surface area contributed by atoms with E-state index in [0.29, 0.717) is 0 Å². The molecule has 0 aromatic heterocycles. The van der Waals surface area contributed by atoms with Gasteiger partial charge in [-0.1, -0.05) is 31.6 Å². The van der Waals surface area contributed by atoms with Crippen LogP contribution in [0, 0.1) is 0 Å². The van der Waals surface area contributed by atoms with E-state index in [1.165, 1.54) is 5.56 Å². The maximum absolute atomic E-state index is 5.88. The van der Waals surface area contributed by atoms with E-state index in [2.05, 4.69) is 19.6 Å². The van der Waals surface area contributed by atoms with Crippen molar-refractivity contribution in [1.82, 2.24) is 0 Å². The molecule has 1 rings (SSSR count). The molecular weight excluding hydrogens is 210 g/mol. The van der Waals surface area contributed by atoms with Gasteiger partial charge in [0, 0.05) is 6.04 Å². The molecule has 2 N–H and O–H groups in total. The molecule has 0 saturated carbocycles. The number of benzene rings is 1. The lowest BCUT2D eigenvalue weighted by molar-refractivity contribution is 0.306. The highest BCUT2D eigenvalue weighted by molar-refractivity contribution is 5.39. The molecule has 2 heteroatoms. The Morgan fingerprint density at radius 1 is 1.47 bits per heavy atom. The summed E-state index contributed by atoms with van der Waals surface area (Å²) in [4.78, 5) is 0. The van der Waals surface area contributed by atoms with E-state index in [4.69, 9.17) is 10.5 Å². The van der Waals surface area contributed by atoms with Crippen LogP contribution in [0.15, 0.2) is 30.9 Å². The Kier molecular flexibility index (Phi) is 5.78. The summed E-state index contributed by atoms with van der Waals surface area (Å²) in [5, 5.41) is 0. The van der Waals surface area contributed by atoms with Crippen molar-refractivity contribution in [3.63, 3.8) is 0 Å². The first-order valence-corrected chi connectivity index (χ1v) is 6.31. The number of hydrogen-bond acceptors (Lipinski definition) is 2. The predicted octanol–water partition coefficient (Wildman–Crippen LogP) is 3.61. The van der Waals surface area contributed by atoms with Crippen molar-refractivity contribution >= 4 is 0 Å². The molecule has 0 heterocycles. The summed E-state index contributed by atoms with van der Waals surface area (Å²) in [7, 11) is 0. The molecule has 0 radical (unpaired) electrons. The maximum atomic E-state index is 5.88. The fourth-order valence-corrected chi connectivity index (χ4v) is 1.66. The minimum atomic E-state index is 0.0586. The Morgan fingerprint density at radius 2 is 2.24 bits per heavy atom. The van der Waals surface area contributed by atoms with Gasteiger partial charge in [-0.3, -0.25) is 0 Å². The second kappa shape index (κ2) is 7.13. The van der Waals surface area contributed by atoms with Crippen LogP contribution >= 0.6 is 0 Å². The number of unbranched alkanes of at least 4 members (excludes halogenated alkanes) is 1. The summed E-state index contributed by atoms with van der Waals surface area (Å²) in [5.74, 6) is 0.961. The van der Waals surface area contributed by atoms with Gasteiger partial charge in [0.25, 0.3) is 0 Å². The highest BCUT2D eigenvalue weighted by Gasteiger charge is 2.06. The first-order valence-electron chi connectivity index (χ1n) is 6.31. The standard InChI is InChI=1S/C15H23NO/c1-4-6-10-17-15-9-8-13(12(3)16)11-14(15)7-5-2/h5,8-9,11-12H,2,4,6-7,10,16H2,1,3H3. The average molecular weight is 233 g/mol. The quantitative estimate of drug-likeness (QED) is 0.576. The van der Waals surface area contributed by atoms with Crippen LogP contribution in [0.1, 0.15) is 43.9 Å². The zero-order chi connectivity index (χ0) is 12.7. The molecule has 0 aliphatic rings. The lowest BCUT2D eigenvalue weighted by Gasteiger charge is -2.13. The summed E-state index contributed by atoms with van der Waals surface area (Å²) >= 11 is 0. The third-order valence-electron chi connectivity index (χ3n) is 2.73. The van der Waals surface area contributed by atoms with Crippen molar-refractivity contribution in [3.05, 3.63) is 42.0 Å². The van der Waals surface area contributed by atoms with Gasteiger partial charge in [-0.2, -0.15) is 0 Å². The minimum Gasteiger partial charge on any atom is -0.493 e. The second-order valence-corrected chi connectivity index (χ2v) is 4.35. The zero-order valence-corrected chi connectivity index (χ0v) is 10.9. The van der Waals surface area contributed by atoms with Crippen LogP contribution in [-0.2, 0) is 6.42 Å². The third kappa shape index (κ3) is 4.23. The van der Waals surface area contributed by atoms with Crippen molar-refractivity contribution < 1.29 is 4.74 Å². The molecule has 0 amide bonds. The maximum Gasteiger partial charge on any atom is 0.122 e. The van der Waals surface area contributed by atoms with Crippen molar-refractivity contribution in [2.45, 2.75) is 39.2 Å². The highest BCUT2D eigenvalue weighted by Crippen LogP contribution is 2.23. The summed E-state index contributed by atoms with van der Waals surface area (Å²) < 4.78 is 5.78. The normalized spacial score (nSPS) is 12.2. The van der Waals surface area contributed by atoms with Gasteiger partial charge in [0.15, 0.2) is 0 Å². The molecule has 0 bridgehead atoms. The smallest absolute Gasteiger partial charge is 0.122 e. The predicted molar refractivity (Wildman–Crippen MR) is 73.3 cm³/mol. The number of rotatable bonds is 7. The molecule has 0 aliphatic carbocycles. The van der Waals surface area contributed by atoms with Gasteiger partial charge in [0.2, 0.25) is 0 Å². The second-order valence-electron chi connectivity index (χ2n) is 4.35. The van der Waals surface area contributed by atoms with E-state index in [1.807, 2.05) is 25.1 Å². The van der Waals surface area contributed by atoms with E-state index in [9.17, 15) is 0 Å². The summed E-state index contributed by atoms with van der Waals surface area (Å²) in [6.45, 7) is 8.71. The summed E-state index contributed by atoms with van der Waals surface area (Å²) in [6, 6.07) is 6.24. The van der Waals surface area contributed by atoms with Gasteiger partial charge in [-0.15, -0.1) is 6.58 Å². The van der Waals surface area contributed by atoms with Gasteiger partial charge >= 0.3 is 0 Å². The van der Waals surface area contributed by atoms with Gasteiger partial charge in [0.05, 0.1) is 6.61 Å². The van der Waals surface area contributed by atoms with Crippen molar-refractivity contribution in [1.29, 1.82) is 0 Å². The number of allylic oxidation sites excluding steroid dienone is 1. The molecule has 94 valence electrons. The molecule has 1 unspecified atom stereocenters. The lowest BCUT2D eigenvalue weighted by atomic mass is 10.0. The van der Waals surface area contributed by atoms with Crippen molar-refractivity contribution in [2.24, 2.45) is 5.73 Å². The lowest BCUT2D eigenvalue weighted by Crippen LogP contribution is -2.06. The molecule has 0 saturated heterocycles. The van der Waals surface area contributed by atoms with Crippen LogP contribution in [0.2, 0.25) is 0 Å². The van der Waals surface area contributed by atoms with Crippen LogP contribution in [0.4, 0.5) is 0 Å². The molecule has 17 heavy (non-hydrogen) atoms. The Labute approximate surface area is 104 Å². The van der Waals surface area contributed by atoms with Gasteiger partial charge in [-0.25, -0.2) is 0 Å². The first kappa shape index (κ1) is 13.8. The van der Waals surface area contributed by atoms with E-state index < -0.39 is 0 Å². The van der Waals surface area contributed by atoms with Gasteiger partial charge in [-0.05, 0) is 37.0 Å². The minimum absolute atomic E-state index is 0.0586. The van der Waals surface area contributed by atoms with E-state index in [0.717, 1.165) is 37.2 Å². The monoisotopic (exact) mass is 233 g/mol. The van der Waals surface area contributed by atoms with Crippen LogP contribution in [0.3, 0.4) is 0 Å². The Balaban J connectivity index is 2.83. The molecular formula is C15H23NO.